The molecule has 8 nitrogen and oxygen atoms in total. The Morgan fingerprint density at radius 1 is 0.936 bits per heavy atom. The summed E-state index contributed by atoms with van der Waals surface area (Å²) in [6, 6.07) is 18.8. The van der Waals surface area contributed by atoms with E-state index < -0.39 is 6.29 Å². The number of aryl methyl sites for hydroxylation is 3. The maximum Gasteiger partial charge on any atom is 0.194 e. The van der Waals surface area contributed by atoms with E-state index in [1.807, 2.05) is 53.3 Å². The van der Waals surface area contributed by atoms with Crippen molar-refractivity contribution in [2.45, 2.75) is 54.6 Å². The molecule has 1 atom stereocenters. The second-order valence-electron chi connectivity index (χ2n) is 12.3. The molecule has 1 aliphatic rings. The summed E-state index contributed by atoms with van der Waals surface area (Å²) in [6.45, 7) is 4.64. The summed E-state index contributed by atoms with van der Waals surface area (Å²) in [5.74, 6) is 3.01. The Bertz CT molecular complexity index is 2130. The van der Waals surface area contributed by atoms with E-state index in [1.54, 1.807) is 23.5 Å². The minimum absolute atomic E-state index is 0.0359. The number of nitrogens with zero attached hydrogens (tertiary/aromatic N) is 5. The monoisotopic (exact) mass is 687 g/mol. The number of hydrogen-bond donors (Lipinski definition) is 2. The van der Waals surface area contributed by atoms with Crippen LogP contribution in [-0.2, 0) is 38.4 Å². The fraction of sp³-hybridized carbons (Fsp3) is 0.333. The van der Waals surface area contributed by atoms with Crippen LogP contribution in [0.1, 0.15) is 59.6 Å². The van der Waals surface area contributed by atoms with Crippen molar-refractivity contribution in [1.82, 2.24) is 24.1 Å². The minimum atomic E-state index is -1.66. The molecule has 0 saturated carbocycles. The third-order valence-electron chi connectivity index (χ3n) is 9.29. The van der Waals surface area contributed by atoms with E-state index in [0.717, 1.165) is 83.3 Å². The Labute approximate surface area is 287 Å². The lowest BCUT2D eigenvalue weighted by atomic mass is 9.92. The first-order valence-electron chi connectivity index (χ1n) is 15.7. The molecule has 4 heterocycles. The first-order valence-corrected chi connectivity index (χ1v) is 18.2. The van der Waals surface area contributed by atoms with Gasteiger partial charge in [-0.25, -0.2) is 0 Å². The molecule has 0 spiro atoms. The SMILES string of the molecule is Cc1c2c(nn1C)CSCc1cc(n(C)n1)CSc1cc(c3ccccc3c1)OCC[C@H](C)c1c(C(O)O)n(C)c3c-2c(Cl)ccc13. The highest BCUT2D eigenvalue weighted by Crippen LogP contribution is 2.45. The highest BCUT2D eigenvalue weighted by molar-refractivity contribution is 7.98. The maximum atomic E-state index is 10.7. The first-order chi connectivity index (χ1) is 22.6. The Balaban J connectivity index is 1.38. The molecule has 0 unspecified atom stereocenters. The van der Waals surface area contributed by atoms with E-state index >= 15 is 0 Å². The van der Waals surface area contributed by atoms with Crippen LogP contribution in [0.4, 0.5) is 0 Å². The number of halogens is 1. The zero-order chi connectivity index (χ0) is 33.0. The third-order valence-corrected chi connectivity index (χ3v) is 11.6. The molecular weight excluding hydrogens is 650 g/mol. The lowest BCUT2D eigenvalue weighted by Gasteiger charge is -2.17. The van der Waals surface area contributed by atoms with Crippen molar-refractivity contribution in [1.29, 1.82) is 0 Å². The first kappa shape index (κ1) is 32.2. The highest BCUT2D eigenvalue weighted by atomic mass is 35.5. The van der Waals surface area contributed by atoms with Gasteiger partial charge < -0.3 is 19.5 Å². The molecule has 3 aromatic heterocycles. The van der Waals surface area contributed by atoms with Gasteiger partial charge in [-0.2, -0.15) is 10.2 Å². The summed E-state index contributed by atoms with van der Waals surface area (Å²) in [5.41, 5.74) is 8.17. The van der Waals surface area contributed by atoms with Crippen LogP contribution in [0.15, 0.2) is 59.5 Å². The number of fused-ring (bicyclic) bond motifs is 8. The van der Waals surface area contributed by atoms with Crippen molar-refractivity contribution in [2.75, 3.05) is 6.61 Å². The van der Waals surface area contributed by atoms with Crippen molar-refractivity contribution >= 4 is 56.8 Å². The average Bonchev–Trinajstić information content (AvgIpc) is 3.65. The quantitative estimate of drug-likeness (QED) is 0.169. The normalized spacial score (nSPS) is 16.1. The molecule has 3 aromatic carbocycles. The zero-order valence-corrected chi connectivity index (χ0v) is 29.5. The lowest BCUT2D eigenvalue weighted by molar-refractivity contribution is -0.0483. The second-order valence-corrected chi connectivity index (χ2v) is 14.7. The molecule has 0 radical (unpaired) electrons. The summed E-state index contributed by atoms with van der Waals surface area (Å²) in [7, 11) is 5.84. The van der Waals surface area contributed by atoms with Gasteiger partial charge in [0, 0.05) is 76.6 Å². The predicted octanol–water partition coefficient (Wildman–Crippen LogP) is 8.02. The van der Waals surface area contributed by atoms with Crippen molar-refractivity contribution in [3.63, 3.8) is 0 Å². The second kappa shape index (κ2) is 12.9. The summed E-state index contributed by atoms with van der Waals surface area (Å²) in [4.78, 5) is 1.14. The molecule has 47 heavy (non-hydrogen) atoms. The molecule has 2 N–H and O–H groups in total. The molecule has 0 fully saturated rings. The average molecular weight is 688 g/mol. The van der Waals surface area contributed by atoms with Crippen LogP contribution in [0.2, 0.25) is 5.02 Å². The maximum absolute atomic E-state index is 10.7. The van der Waals surface area contributed by atoms with E-state index in [-0.39, 0.29) is 5.92 Å². The van der Waals surface area contributed by atoms with Crippen molar-refractivity contribution in [3.8, 4) is 16.9 Å². The fourth-order valence-electron chi connectivity index (χ4n) is 6.87. The van der Waals surface area contributed by atoms with Crippen LogP contribution in [0.5, 0.6) is 5.75 Å². The van der Waals surface area contributed by atoms with E-state index in [0.29, 0.717) is 29.5 Å². The molecule has 6 aromatic rings. The topological polar surface area (TPSA) is 90.3 Å². The van der Waals surface area contributed by atoms with Gasteiger partial charge in [-0.3, -0.25) is 9.36 Å². The Morgan fingerprint density at radius 2 is 1.74 bits per heavy atom. The Morgan fingerprint density at radius 3 is 2.55 bits per heavy atom. The summed E-state index contributed by atoms with van der Waals surface area (Å²) >= 11 is 10.6. The van der Waals surface area contributed by atoms with E-state index in [1.165, 1.54) is 0 Å². The molecule has 0 saturated heterocycles. The van der Waals surface area contributed by atoms with Gasteiger partial charge in [-0.05, 0) is 54.5 Å². The molecule has 0 amide bonds. The van der Waals surface area contributed by atoms with Gasteiger partial charge in [0.1, 0.15) is 5.75 Å². The number of benzene rings is 3. The number of hydrogen-bond acceptors (Lipinski definition) is 7. The van der Waals surface area contributed by atoms with Crippen molar-refractivity contribution in [3.05, 3.63) is 93.7 Å². The predicted molar refractivity (Wildman–Crippen MR) is 192 cm³/mol. The fourth-order valence-corrected chi connectivity index (χ4v) is 8.95. The van der Waals surface area contributed by atoms with Gasteiger partial charge in [0.2, 0.25) is 0 Å². The zero-order valence-electron chi connectivity index (χ0n) is 27.1. The smallest absolute Gasteiger partial charge is 0.194 e. The number of rotatable bonds is 1. The van der Waals surface area contributed by atoms with Crippen LogP contribution < -0.4 is 4.74 Å². The van der Waals surface area contributed by atoms with Crippen molar-refractivity contribution in [2.24, 2.45) is 21.1 Å². The van der Waals surface area contributed by atoms with Gasteiger partial charge in [-0.1, -0.05) is 48.9 Å². The number of aliphatic hydroxyl groups excluding tert-OH is 1. The number of aromatic nitrogens is 5. The molecule has 0 aliphatic carbocycles. The van der Waals surface area contributed by atoms with Crippen LogP contribution >= 0.6 is 35.1 Å². The lowest BCUT2D eigenvalue weighted by Crippen LogP contribution is -2.10. The molecule has 244 valence electrons. The van der Waals surface area contributed by atoms with Crippen LogP contribution in [0, 0.1) is 6.92 Å². The molecule has 7 rings (SSSR count). The number of thioether (sulfide) groups is 2. The minimum Gasteiger partial charge on any atom is -0.493 e. The van der Waals surface area contributed by atoms with Gasteiger partial charge in [0.15, 0.2) is 6.29 Å². The third kappa shape index (κ3) is 5.84. The summed E-state index contributed by atoms with van der Waals surface area (Å²) < 4.78 is 12.3. The summed E-state index contributed by atoms with van der Waals surface area (Å²) in [5, 5.41) is 35.0. The number of ether oxygens (including phenoxy) is 1. The molecule has 8 bridgehead atoms. The van der Waals surface area contributed by atoms with Gasteiger partial charge in [0.05, 0.1) is 34.2 Å². The van der Waals surface area contributed by atoms with E-state index in [9.17, 15) is 10.2 Å². The molecular formula is C36H38ClN5O3S2. The van der Waals surface area contributed by atoms with Crippen LogP contribution in [0.25, 0.3) is 32.8 Å². The Hall–Kier alpha value is -3.41. The van der Waals surface area contributed by atoms with Gasteiger partial charge in [0.25, 0.3) is 0 Å². The largest absolute Gasteiger partial charge is 0.493 e. The van der Waals surface area contributed by atoms with Crippen LogP contribution in [0.3, 0.4) is 0 Å². The standard InChI is InChI=1S/C36H38ClN5O3S2/c1-20-12-13-45-30-16-25(14-22-8-6-7-9-26(22)30)47-18-24-15-23(38-42(24)5)17-46-19-29-32(21(2)41(4)39-29)33-28(37)11-10-27-31(20)35(36(43)44)40(3)34(27)33/h6-11,14-16,20,36,43-44H,12-13,17-19H2,1-5H3/t20-/m0/s1. The Kier molecular flexibility index (Phi) is 8.82. The van der Waals surface area contributed by atoms with Gasteiger partial charge in [-0.15, -0.1) is 23.5 Å². The summed E-state index contributed by atoms with van der Waals surface area (Å²) in [6.07, 6.45) is -0.984. The van der Waals surface area contributed by atoms with E-state index in [2.05, 4.69) is 50.2 Å². The van der Waals surface area contributed by atoms with E-state index in [4.69, 9.17) is 26.5 Å². The highest BCUT2D eigenvalue weighted by Gasteiger charge is 2.29. The van der Waals surface area contributed by atoms with Gasteiger partial charge >= 0.3 is 0 Å². The molecule has 1 aliphatic heterocycles. The van der Waals surface area contributed by atoms with Crippen molar-refractivity contribution < 1.29 is 14.9 Å². The molecule has 11 heteroatoms. The number of aliphatic hydroxyl groups is 2. The van der Waals surface area contributed by atoms with Crippen LogP contribution in [-0.4, -0.2) is 40.9 Å².